The van der Waals surface area contributed by atoms with Crippen molar-refractivity contribution in [3.8, 4) is 5.75 Å². The summed E-state index contributed by atoms with van der Waals surface area (Å²) in [6.07, 6.45) is 2.41. The summed E-state index contributed by atoms with van der Waals surface area (Å²) < 4.78 is 5.15. The van der Waals surface area contributed by atoms with Crippen molar-refractivity contribution in [2.75, 3.05) is 39.8 Å². The standard InChI is InChI=1S/C19H30N4O2/c1-4-20-19(23-12-8-15(2)9-13-23)22-11-10-21-18(24)16-6-5-7-17(14-16)25-3/h5-7,14-15H,4,8-13H2,1-3H3,(H,20,22)(H,21,24). The number of methoxy groups -OCH3 is 1. The van der Waals surface area contributed by atoms with Gasteiger partial charge in [0, 0.05) is 31.7 Å². The van der Waals surface area contributed by atoms with E-state index in [4.69, 9.17) is 4.74 Å². The van der Waals surface area contributed by atoms with E-state index in [0.717, 1.165) is 31.5 Å². The molecule has 0 atom stereocenters. The van der Waals surface area contributed by atoms with E-state index < -0.39 is 0 Å². The zero-order valence-corrected chi connectivity index (χ0v) is 15.5. The fraction of sp³-hybridized carbons (Fsp3) is 0.579. The number of nitrogens with one attached hydrogen (secondary N) is 2. The van der Waals surface area contributed by atoms with E-state index in [1.165, 1.54) is 12.8 Å². The lowest BCUT2D eigenvalue weighted by molar-refractivity contribution is 0.0954. The predicted octanol–water partition coefficient (Wildman–Crippen LogP) is 2.12. The number of piperidine rings is 1. The van der Waals surface area contributed by atoms with Crippen LogP contribution >= 0.6 is 0 Å². The van der Waals surface area contributed by atoms with Crippen LogP contribution < -0.4 is 15.4 Å². The van der Waals surface area contributed by atoms with Gasteiger partial charge in [-0.15, -0.1) is 0 Å². The van der Waals surface area contributed by atoms with Gasteiger partial charge in [-0.2, -0.15) is 0 Å². The number of aliphatic imine (C=N–C) groups is 1. The van der Waals surface area contributed by atoms with Crippen molar-refractivity contribution < 1.29 is 9.53 Å². The highest BCUT2D eigenvalue weighted by atomic mass is 16.5. The highest BCUT2D eigenvalue weighted by molar-refractivity contribution is 5.94. The number of nitrogens with zero attached hydrogens (tertiary/aromatic N) is 2. The number of carbonyl (C=O) groups is 1. The van der Waals surface area contributed by atoms with Crippen LogP contribution in [0.4, 0.5) is 0 Å². The van der Waals surface area contributed by atoms with E-state index in [1.807, 2.05) is 12.1 Å². The minimum absolute atomic E-state index is 0.106. The second-order valence-corrected chi connectivity index (χ2v) is 6.39. The van der Waals surface area contributed by atoms with Crippen LogP contribution in [-0.4, -0.2) is 56.6 Å². The molecule has 138 valence electrons. The molecule has 1 aliphatic heterocycles. The number of rotatable bonds is 6. The monoisotopic (exact) mass is 346 g/mol. The van der Waals surface area contributed by atoms with Gasteiger partial charge in [0.2, 0.25) is 0 Å². The molecule has 2 rings (SSSR count). The van der Waals surface area contributed by atoms with E-state index in [1.54, 1.807) is 19.2 Å². The Bertz CT molecular complexity index is 581. The molecule has 0 unspecified atom stereocenters. The Morgan fingerprint density at radius 3 is 2.76 bits per heavy atom. The fourth-order valence-corrected chi connectivity index (χ4v) is 2.84. The normalized spacial score (nSPS) is 15.8. The minimum atomic E-state index is -0.106. The highest BCUT2D eigenvalue weighted by Crippen LogP contribution is 2.16. The van der Waals surface area contributed by atoms with Gasteiger partial charge in [0.25, 0.3) is 5.91 Å². The van der Waals surface area contributed by atoms with Gasteiger partial charge in [-0.05, 0) is 43.9 Å². The van der Waals surface area contributed by atoms with Gasteiger partial charge in [-0.25, -0.2) is 0 Å². The first-order chi connectivity index (χ1) is 12.1. The first-order valence-corrected chi connectivity index (χ1v) is 9.09. The molecule has 0 aromatic heterocycles. The number of carbonyl (C=O) groups excluding carboxylic acids is 1. The van der Waals surface area contributed by atoms with Crippen molar-refractivity contribution in [3.05, 3.63) is 29.8 Å². The quantitative estimate of drug-likeness (QED) is 0.470. The molecular weight excluding hydrogens is 316 g/mol. The Hall–Kier alpha value is -2.24. The summed E-state index contributed by atoms with van der Waals surface area (Å²) in [6, 6.07) is 7.15. The van der Waals surface area contributed by atoms with Crippen molar-refractivity contribution in [1.29, 1.82) is 0 Å². The molecule has 6 heteroatoms. The van der Waals surface area contributed by atoms with Gasteiger partial charge < -0.3 is 20.3 Å². The summed E-state index contributed by atoms with van der Waals surface area (Å²) in [6.45, 7) is 8.38. The first-order valence-electron chi connectivity index (χ1n) is 9.09. The molecule has 1 amide bonds. The minimum Gasteiger partial charge on any atom is -0.497 e. The van der Waals surface area contributed by atoms with Crippen molar-refractivity contribution in [2.45, 2.75) is 26.7 Å². The Morgan fingerprint density at radius 1 is 1.32 bits per heavy atom. The summed E-state index contributed by atoms with van der Waals surface area (Å²) in [5.41, 5.74) is 0.597. The molecule has 0 spiro atoms. The van der Waals surface area contributed by atoms with Crippen LogP contribution in [0, 0.1) is 5.92 Å². The second-order valence-electron chi connectivity index (χ2n) is 6.39. The summed E-state index contributed by atoms with van der Waals surface area (Å²) in [5, 5.41) is 6.26. The summed E-state index contributed by atoms with van der Waals surface area (Å²) in [7, 11) is 1.59. The van der Waals surface area contributed by atoms with Gasteiger partial charge in [0.15, 0.2) is 5.96 Å². The molecule has 1 heterocycles. The van der Waals surface area contributed by atoms with Crippen LogP contribution in [0.1, 0.15) is 37.0 Å². The Labute approximate surface area is 150 Å². The lowest BCUT2D eigenvalue weighted by Gasteiger charge is -2.33. The molecule has 2 N–H and O–H groups in total. The predicted molar refractivity (Wildman–Crippen MR) is 101 cm³/mol. The summed E-state index contributed by atoms with van der Waals surface area (Å²) in [5.74, 6) is 2.32. The number of benzene rings is 1. The van der Waals surface area contributed by atoms with Crippen LogP contribution in [0.15, 0.2) is 29.3 Å². The molecule has 1 aliphatic rings. The van der Waals surface area contributed by atoms with E-state index in [2.05, 4.69) is 34.4 Å². The van der Waals surface area contributed by atoms with Gasteiger partial charge >= 0.3 is 0 Å². The van der Waals surface area contributed by atoms with E-state index in [-0.39, 0.29) is 5.91 Å². The Balaban J connectivity index is 1.83. The second kappa shape index (κ2) is 9.91. The topological polar surface area (TPSA) is 66.0 Å². The lowest BCUT2D eigenvalue weighted by Crippen LogP contribution is -2.45. The molecule has 1 fully saturated rings. The maximum Gasteiger partial charge on any atom is 0.251 e. The van der Waals surface area contributed by atoms with Crippen LogP contribution in [0.25, 0.3) is 0 Å². The smallest absolute Gasteiger partial charge is 0.251 e. The third-order valence-corrected chi connectivity index (χ3v) is 4.41. The molecule has 1 aromatic carbocycles. The molecule has 0 bridgehead atoms. The molecule has 1 saturated heterocycles. The molecule has 25 heavy (non-hydrogen) atoms. The van der Waals surface area contributed by atoms with E-state index in [0.29, 0.717) is 24.4 Å². The molecule has 1 aromatic rings. The number of hydrogen-bond acceptors (Lipinski definition) is 3. The molecule has 0 saturated carbocycles. The number of likely N-dealkylation sites (tertiary alicyclic amines) is 1. The van der Waals surface area contributed by atoms with Crippen molar-refractivity contribution in [3.63, 3.8) is 0 Å². The maximum atomic E-state index is 12.2. The van der Waals surface area contributed by atoms with Crippen LogP contribution in [0.5, 0.6) is 5.75 Å². The first kappa shape index (κ1) is 19.1. The number of hydrogen-bond donors (Lipinski definition) is 2. The number of amides is 1. The maximum absolute atomic E-state index is 12.2. The van der Waals surface area contributed by atoms with Crippen LogP contribution in [0.3, 0.4) is 0 Å². The third kappa shape index (κ3) is 5.96. The van der Waals surface area contributed by atoms with Gasteiger partial charge in [-0.1, -0.05) is 13.0 Å². The SMILES string of the molecule is CCNC(=NCCNC(=O)c1cccc(OC)c1)N1CCC(C)CC1. The van der Waals surface area contributed by atoms with E-state index >= 15 is 0 Å². The average molecular weight is 346 g/mol. The number of ether oxygens (including phenoxy) is 1. The summed E-state index contributed by atoms with van der Waals surface area (Å²) in [4.78, 5) is 19.1. The number of guanidine groups is 1. The van der Waals surface area contributed by atoms with Crippen molar-refractivity contribution in [2.24, 2.45) is 10.9 Å². The van der Waals surface area contributed by atoms with Crippen molar-refractivity contribution in [1.82, 2.24) is 15.5 Å². The molecule has 6 nitrogen and oxygen atoms in total. The van der Waals surface area contributed by atoms with Gasteiger partial charge in [0.05, 0.1) is 13.7 Å². The highest BCUT2D eigenvalue weighted by Gasteiger charge is 2.18. The van der Waals surface area contributed by atoms with E-state index in [9.17, 15) is 4.79 Å². The average Bonchev–Trinajstić information content (AvgIpc) is 2.65. The zero-order valence-electron chi connectivity index (χ0n) is 15.5. The molecule has 0 aliphatic carbocycles. The third-order valence-electron chi connectivity index (χ3n) is 4.41. The van der Waals surface area contributed by atoms with Crippen molar-refractivity contribution >= 4 is 11.9 Å². The van der Waals surface area contributed by atoms with Crippen LogP contribution in [0.2, 0.25) is 0 Å². The summed E-state index contributed by atoms with van der Waals surface area (Å²) >= 11 is 0. The van der Waals surface area contributed by atoms with Crippen LogP contribution in [-0.2, 0) is 0 Å². The Morgan fingerprint density at radius 2 is 2.08 bits per heavy atom. The Kier molecular flexibility index (Phi) is 7.57. The van der Waals surface area contributed by atoms with Gasteiger partial charge in [-0.3, -0.25) is 9.79 Å². The molecular formula is C19H30N4O2. The lowest BCUT2D eigenvalue weighted by atomic mass is 10.00. The molecule has 0 radical (unpaired) electrons. The largest absolute Gasteiger partial charge is 0.497 e. The fourth-order valence-electron chi connectivity index (χ4n) is 2.84. The van der Waals surface area contributed by atoms with Gasteiger partial charge in [0.1, 0.15) is 5.75 Å². The zero-order chi connectivity index (χ0) is 18.1.